The van der Waals surface area contributed by atoms with Crippen LogP contribution >= 0.6 is 24.0 Å². The van der Waals surface area contributed by atoms with Gasteiger partial charge in [-0.15, -0.1) is 24.0 Å². The molecule has 0 fully saturated rings. The van der Waals surface area contributed by atoms with Crippen LogP contribution in [-0.2, 0) is 16.0 Å². The van der Waals surface area contributed by atoms with Crippen molar-refractivity contribution in [1.29, 1.82) is 0 Å². The maximum Gasteiger partial charge on any atom is 0.251 e. The highest BCUT2D eigenvalue weighted by atomic mass is 127. The van der Waals surface area contributed by atoms with Crippen molar-refractivity contribution in [2.45, 2.75) is 26.3 Å². The Balaban J connectivity index is 0.00000676. The van der Waals surface area contributed by atoms with Crippen molar-refractivity contribution < 1.29 is 14.3 Å². The molecular formula is C19H33IN4O3. The molecule has 8 heteroatoms. The molecule has 0 atom stereocenters. The van der Waals surface area contributed by atoms with Crippen LogP contribution in [0.5, 0.6) is 0 Å². The molecule has 0 radical (unpaired) electrons. The van der Waals surface area contributed by atoms with Gasteiger partial charge in [0.2, 0.25) is 0 Å². The molecule has 27 heavy (non-hydrogen) atoms. The first-order valence-electron chi connectivity index (χ1n) is 9.12. The molecule has 0 heterocycles. The van der Waals surface area contributed by atoms with Crippen molar-refractivity contribution in [1.82, 2.24) is 16.0 Å². The van der Waals surface area contributed by atoms with Crippen LogP contribution in [0, 0.1) is 0 Å². The maximum atomic E-state index is 11.5. The Labute approximate surface area is 179 Å². The van der Waals surface area contributed by atoms with E-state index in [1.807, 2.05) is 24.3 Å². The summed E-state index contributed by atoms with van der Waals surface area (Å²) in [6.07, 6.45) is 2.24. The number of amides is 1. The van der Waals surface area contributed by atoms with Gasteiger partial charge >= 0.3 is 0 Å². The Kier molecular flexibility index (Phi) is 15.9. The van der Waals surface area contributed by atoms with E-state index in [2.05, 4.69) is 27.9 Å². The number of benzene rings is 1. The number of nitrogens with zero attached hydrogens (tertiary/aromatic N) is 1. The van der Waals surface area contributed by atoms with Crippen LogP contribution in [0.2, 0.25) is 0 Å². The van der Waals surface area contributed by atoms with Gasteiger partial charge in [-0.05, 0) is 24.1 Å². The standard InChI is InChI=1S/C19H32N4O3.HI/c1-4-5-11-25-13-14-26-12-10-22-19(21-3)23-15-16-6-8-17(9-7-16)18(24)20-2;/h6-9H,4-5,10-15H2,1-3H3,(H,20,24)(H2,21,22,23);1H. The summed E-state index contributed by atoms with van der Waals surface area (Å²) in [5.74, 6) is 0.626. The van der Waals surface area contributed by atoms with E-state index in [0.717, 1.165) is 25.0 Å². The van der Waals surface area contributed by atoms with Gasteiger partial charge in [-0.1, -0.05) is 25.5 Å². The second-order valence-corrected chi connectivity index (χ2v) is 5.71. The average molecular weight is 492 g/mol. The van der Waals surface area contributed by atoms with Gasteiger partial charge in [0.15, 0.2) is 5.96 Å². The van der Waals surface area contributed by atoms with Gasteiger partial charge in [-0.3, -0.25) is 9.79 Å². The van der Waals surface area contributed by atoms with Crippen molar-refractivity contribution in [2.75, 3.05) is 47.1 Å². The predicted molar refractivity (Wildman–Crippen MR) is 120 cm³/mol. The molecule has 1 aromatic rings. The normalized spacial score (nSPS) is 10.9. The van der Waals surface area contributed by atoms with Crippen LogP contribution in [0.15, 0.2) is 29.3 Å². The molecule has 0 aliphatic rings. The van der Waals surface area contributed by atoms with Gasteiger partial charge in [0.25, 0.3) is 5.91 Å². The fraction of sp³-hybridized carbons (Fsp3) is 0.579. The molecule has 1 aromatic carbocycles. The molecule has 0 saturated carbocycles. The lowest BCUT2D eigenvalue weighted by atomic mass is 10.1. The zero-order valence-corrected chi connectivity index (χ0v) is 18.9. The number of hydrogen-bond acceptors (Lipinski definition) is 4. The average Bonchev–Trinajstić information content (AvgIpc) is 2.68. The lowest BCUT2D eigenvalue weighted by molar-refractivity contribution is 0.0487. The Morgan fingerprint density at radius 3 is 2.30 bits per heavy atom. The first kappa shape index (κ1) is 25.6. The summed E-state index contributed by atoms with van der Waals surface area (Å²) >= 11 is 0. The fourth-order valence-electron chi connectivity index (χ4n) is 2.13. The number of hydrogen-bond donors (Lipinski definition) is 3. The van der Waals surface area contributed by atoms with E-state index >= 15 is 0 Å². The molecule has 1 rings (SSSR count). The molecule has 1 amide bonds. The summed E-state index contributed by atoms with van der Waals surface area (Å²) in [5.41, 5.74) is 1.72. The summed E-state index contributed by atoms with van der Waals surface area (Å²) in [6, 6.07) is 7.46. The SMILES string of the molecule is CCCCOCCOCCNC(=NC)NCc1ccc(C(=O)NC)cc1.I. The number of guanidine groups is 1. The third-order valence-corrected chi connectivity index (χ3v) is 3.68. The number of aliphatic imine (C=N–C) groups is 1. The van der Waals surface area contributed by atoms with Crippen LogP contribution in [0.4, 0.5) is 0 Å². The number of carbonyl (C=O) groups excluding carboxylic acids is 1. The highest BCUT2D eigenvalue weighted by molar-refractivity contribution is 14.0. The number of carbonyl (C=O) groups is 1. The van der Waals surface area contributed by atoms with E-state index in [1.54, 1.807) is 14.1 Å². The second-order valence-electron chi connectivity index (χ2n) is 5.71. The Bertz CT molecular complexity index is 538. The molecule has 0 bridgehead atoms. The number of nitrogens with one attached hydrogen (secondary N) is 3. The molecule has 0 unspecified atom stereocenters. The number of ether oxygens (including phenoxy) is 2. The molecule has 154 valence electrons. The van der Waals surface area contributed by atoms with Crippen molar-refractivity contribution in [3.63, 3.8) is 0 Å². The minimum absolute atomic E-state index is 0. The van der Waals surface area contributed by atoms with E-state index in [4.69, 9.17) is 9.47 Å². The second kappa shape index (κ2) is 16.8. The summed E-state index contributed by atoms with van der Waals surface area (Å²) in [6.45, 7) is 6.09. The fourth-order valence-corrected chi connectivity index (χ4v) is 2.13. The minimum atomic E-state index is -0.0854. The predicted octanol–water partition coefficient (Wildman–Crippen LogP) is 2.16. The smallest absolute Gasteiger partial charge is 0.251 e. The van der Waals surface area contributed by atoms with E-state index in [0.29, 0.717) is 44.4 Å². The first-order chi connectivity index (χ1) is 12.7. The summed E-state index contributed by atoms with van der Waals surface area (Å²) < 4.78 is 10.9. The van der Waals surface area contributed by atoms with E-state index < -0.39 is 0 Å². The van der Waals surface area contributed by atoms with Crippen molar-refractivity contribution in [3.8, 4) is 0 Å². The maximum absolute atomic E-state index is 11.5. The van der Waals surface area contributed by atoms with Gasteiger partial charge in [-0.2, -0.15) is 0 Å². The zero-order valence-electron chi connectivity index (χ0n) is 16.5. The van der Waals surface area contributed by atoms with Gasteiger partial charge in [0.1, 0.15) is 0 Å². The highest BCUT2D eigenvalue weighted by Gasteiger charge is 2.03. The van der Waals surface area contributed by atoms with E-state index in [-0.39, 0.29) is 29.9 Å². The van der Waals surface area contributed by atoms with Crippen molar-refractivity contribution >= 4 is 35.8 Å². The molecule has 0 aliphatic carbocycles. The van der Waals surface area contributed by atoms with Crippen molar-refractivity contribution in [2.24, 2.45) is 4.99 Å². The van der Waals surface area contributed by atoms with Crippen molar-refractivity contribution in [3.05, 3.63) is 35.4 Å². The largest absolute Gasteiger partial charge is 0.379 e. The van der Waals surface area contributed by atoms with Crippen LogP contribution in [-0.4, -0.2) is 58.9 Å². The quantitative estimate of drug-likeness (QED) is 0.180. The van der Waals surface area contributed by atoms with Gasteiger partial charge in [-0.25, -0.2) is 0 Å². The molecular weight excluding hydrogens is 459 g/mol. The first-order valence-corrected chi connectivity index (χ1v) is 9.12. The zero-order chi connectivity index (χ0) is 19.0. The van der Waals surface area contributed by atoms with Crippen LogP contribution < -0.4 is 16.0 Å². The van der Waals surface area contributed by atoms with E-state index in [1.165, 1.54) is 0 Å². The number of rotatable bonds is 12. The van der Waals surface area contributed by atoms with Crippen LogP contribution in [0.1, 0.15) is 35.7 Å². The number of halogens is 1. The Morgan fingerprint density at radius 1 is 1.04 bits per heavy atom. The summed E-state index contributed by atoms with van der Waals surface area (Å²) in [4.78, 5) is 15.7. The summed E-state index contributed by atoms with van der Waals surface area (Å²) in [7, 11) is 3.35. The lowest BCUT2D eigenvalue weighted by Gasteiger charge is -2.12. The molecule has 0 saturated heterocycles. The lowest BCUT2D eigenvalue weighted by Crippen LogP contribution is -2.38. The molecule has 7 nitrogen and oxygen atoms in total. The molecule has 0 aromatic heterocycles. The molecule has 3 N–H and O–H groups in total. The van der Waals surface area contributed by atoms with Gasteiger partial charge in [0, 0.05) is 39.4 Å². The van der Waals surface area contributed by atoms with Crippen LogP contribution in [0.25, 0.3) is 0 Å². The third-order valence-electron chi connectivity index (χ3n) is 3.68. The van der Waals surface area contributed by atoms with E-state index in [9.17, 15) is 4.79 Å². The number of unbranched alkanes of at least 4 members (excludes halogenated alkanes) is 1. The Morgan fingerprint density at radius 2 is 1.70 bits per heavy atom. The highest BCUT2D eigenvalue weighted by Crippen LogP contribution is 2.04. The van der Waals surface area contributed by atoms with Gasteiger partial charge in [0.05, 0.1) is 19.8 Å². The summed E-state index contributed by atoms with van der Waals surface area (Å²) in [5, 5.41) is 9.04. The van der Waals surface area contributed by atoms with Gasteiger partial charge < -0.3 is 25.4 Å². The molecule has 0 spiro atoms. The van der Waals surface area contributed by atoms with Crippen LogP contribution in [0.3, 0.4) is 0 Å². The Hall–Kier alpha value is -1.39. The monoisotopic (exact) mass is 492 g/mol. The molecule has 0 aliphatic heterocycles. The third kappa shape index (κ3) is 11.8. The topological polar surface area (TPSA) is 84.0 Å². The minimum Gasteiger partial charge on any atom is -0.379 e.